The van der Waals surface area contributed by atoms with Gasteiger partial charge in [-0.05, 0) is 18.2 Å². The molecule has 0 saturated heterocycles. The van der Waals surface area contributed by atoms with Gasteiger partial charge in [-0.3, -0.25) is 0 Å². The lowest BCUT2D eigenvalue weighted by Gasteiger charge is -2.12. The van der Waals surface area contributed by atoms with Gasteiger partial charge in [-0.1, -0.05) is 0 Å². The molecule has 0 heterocycles. The first-order chi connectivity index (χ1) is 9.13. The van der Waals surface area contributed by atoms with Crippen LogP contribution in [-0.2, 0) is 16.8 Å². The van der Waals surface area contributed by atoms with Gasteiger partial charge in [-0.2, -0.15) is 31.0 Å². The summed E-state index contributed by atoms with van der Waals surface area (Å²) in [6, 6.07) is 4.55. The fourth-order valence-electron chi connectivity index (χ4n) is 1.34. The van der Waals surface area contributed by atoms with Crippen LogP contribution in [0.1, 0.15) is 5.56 Å². The van der Waals surface area contributed by atoms with Crippen molar-refractivity contribution in [1.29, 1.82) is 0 Å². The van der Waals surface area contributed by atoms with E-state index in [2.05, 4.69) is 0 Å². The topological polar surface area (TPSA) is 93.4 Å². The number of nitrogens with two attached hydrogens (primary N) is 1. The second kappa shape index (κ2) is 6.29. The summed E-state index contributed by atoms with van der Waals surface area (Å²) in [6.07, 6.45) is -4.62. The number of benzene rings is 1. The molecule has 114 valence electrons. The van der Waals surface area contributed by atoms with Crippen molar-refractivity contribution in [3.8, 4) is 5.75 Å². The van der Waals surface area contributed by atoms with Gasteiger partial charge in [0, 0.05) is 17.8 Å². The van der Waals surface area contributed by atoms with Crippen LogP contribution in [0.4, 0.5) is 18.9 Å². The number of alkyl halides is 3. The Morgan fingerprint density at radius 3 is 2.50 bits per heavy atom. The van der Waals surface area contributed by atoms with Crippen molar-refractivity contribution in [3.63, 3.8) is 0 Å². The van der Waals surface area contributed by atoms with Crippen molar-refractivity contribution >= 4 is 15.9 Å². The predicted molar refractivity (Wildman–Crippen MR) is 67.2 cm³/mol. The van der Waals surface area contributed by atoms with Crippen LogP contribution in [0, 0.1) is 0 Å². The minimum Gasteiger partial charge on any atom is -0.496 e. The standard InChI is InChI=1S/C10H14F3N3O3S/c1-19-9-3-2-8(14)4-7(9)5-15-20(17,18)16-6-10(11,12)13/h2-4,15-16H,5-6,14H2,1H3. The molecule has 1 rings (SSSR count). The van der Waals surface area contributed by atoms with Crippen LogP contribution in [-0.4, -0.2) is 28.2 Å². The second-order valence-corrected chi connectivity index (χ2v) is 5.42. The Morgan fingerprint density at radius 1 is 1.30 bits per heavy atom. The number of ether oxygens (including phenoxy) is 1. The highest BCUT2D eigenvalue weighted by Crippen LogP contribution is 2.21. The van der Waals surface area contributed by atoms with Gasteiger partial charge in [0.05, 0.1) is 7.11 Å². The van der Waals surface area contributed by atoms with E-state index in [0.29, 0.717) is 17.0 Å². The molecule has 0 saturated carbocycles. The predicted octanol–water partition coefficient (Wildman–Crippen LogP) is 0.764. The van der Waals surface area contributed by atoms with Crippen molar-refractivity contribution in [2.75, 3.05) is 19.4 Å². The lowest BCUT2D eigenvalue weighted by atomic mass is 10.2. The van der Waals surface area contributed by atoms with Crippen molar-refractivity contribution in [2.24, 2.45) is 0 Å². The number of nitrogen functional groups attached to an aromatic ring is 1. The molecule has 0 spiro atoms. The van der Waals surface area contributed by atoms with Gasteiger partial charge >= 0.3 is 6.18 Å². The molecular weight excluding hydrogens is 299 g/mol. The van der Waals surface area contributed by atoms with Crippen molar-refractivity contribution in [1.82, 2.24) is 9.44 Å². The molecule has 0 unspecified atom stereocenters. The summed E-state index contributed by atoms with van der Waals surface area (Å²) in [7, 11) is -2.89. The zero-order valence-corrected chi connectivity index (χ0v) is 11.3. The van der Waals surface area contributed by atoms with E-state index in [1.54, 1.807) is 6.07 Å². The largest absolute Gasteiger partial charge is 0.496 e. The summed E-state index contributed by atoms with van der Waals surface area (Å²) in [5.74, 6) is 0.373. The third-order valence-corrected chi connectivity index (χ3v) is 3.27. The smallest absolute Gasteiger partial charge is 0.402 e. The first-order valence-electron chi connectivity index (χ1n) is 5.36. The maximum absolute atomic E-state index is 11.9. The molecule has 0 amide bonds. The Kier molecular flexibility index (Phi) is 5.20. The summed E-state index contributed by atoms with van der Waals surface area (Å²) in [4.78, 5) is 0. The van der Waals surface area contributed by atoms with Crippen molar-refractivity contribution in [3.05, 3.63) is 23.8 Å². The third-order valence-electron chi connectivity index (χ3n) is 2.22. The average Bonchev–Trinajstić information content (AvgIpc) is 2.34. The van der Waals surface area contributed by atoms with E-state index in [0.717, 1.165) is 0 Å². The molecule has 10 heteroatoms. The molecule has 0 aliphatic carbocycles. The Labute approximate surface area is 114 Å². The van der Waals surface area contributed by atoms with Crippen LogP contribution < -0.4 is 19.9 Å². The molecule has 0 aliphatic rings. The second-order valence-electron chi connectivity index (χ2n) is 3.83. The number of anilines is 1. The van der Waals surface area contributed by atoms with Gasteiger partial charge in [0.25, 0.3) is 10.2 Å². The maximum Gasteiger partial charge on any atom is 0.402 e. The van der Waals surface area contributed by atoms with E-state index in [-0.39, 0.29) is 6.54 Å². The SMILES string of the molecule is COc1ccc(N)cc1CNS(=O)(=O)NCC(F)(F)F. The van der Waals surface area contributed by atoms with E-state index in [4.69, 9.17) is 10.5 Å². The highest BCUT2D eigenvalue weighted by Gasteiger charge is 2.29. The van der Waals surface area contributed by atoms with Gasteiger partial charge < -0.3 is 10.5 Å². The quantitative estimate of drug-likeness (QED) is 0.676. The van der Waals surface area contributed by atoms with Crippen molar-refractivity contribution in [2.45, 2.75) is 12.7 Å². The lowest BCUT2D eigenvalue weighted by Crippen LogP contribution is -2.41. The Morgan fingerprint density at radius 2 is 1.95 bits per heavy atom. The summed E-state index contributed by atoms with van der Waals surface area (Å²) < 4.78 is 66.8. The maximum atomic E-state index is 11.9. The number of hydrogen-bond donors (Lipinski definition) is 3. The summed E-state index contributed by atoms with van der Waals surface area (Å²) in [5.41, 5.74) is 6.33. The normalized spacial score (nSPS) is 12.4. The summed E-state index contributed by atoms with van der Waals surface area (Å²) >= 11 is 0. The summed E-state index contributed by atoms with van der Waals surface area (Å²) in [5, 5.41) is 0. The minimum atomic E-state index is -4.62. The van der Waals surface area contributed by atoms with Gasteiger partial charge in [-0.25, -0.2) is 0 Å². The Balaban J connectivity index is 2.69. The van der Waals surface area contributed by atoms with E-state index >= 15 is 0 Å². The van der Waals surface area contributed by atoms with Crippen LogP contribution in [0.25, 0.3) is 0 Å². The van der Waals surface area contributed by atoms with E-state index in [9.17, 15) is 21.6 Å². The molecule has 1 aromatic rings. The third kappa shape index (κ3) is 5.63. The Hall–Kier alpha value is -1.52. The van der Waals surface area contributed by atoms with Crippen LogP contribution in [0.2, 0.25) is 0 Å². The van der Waals surface area contributed by atoms with Gasteiger partial charge in [0.1, 0.15) is 12.3 Å². The van der Waals surface area contributed by atoms with Gasteiger partial charge in [0.2, 0.25) is 0 Å². The van der Waals surface area contributed by atoms with E-state index in [1.807, 2.05) is 4.72 Å². The summed E-state index contributed by atoms with van der Waals surface area (Å²) in [6.45, 7) is -1.89. The highest BCUT2D eigenvalue weighted by atomic mass is 32.2. The molecule has 1 aromatic carbocycles. The molecule has 0 aromatic heterocycles. The zero-order chi connectivity index (χ0) is 15.4. The molecular formula is C10H14F3N3O3S. The number of rotatable bonds is 6. The first-order valence-corrected chi connectivity index (χ1v) is 6.84. The van der Waals surface area contributed by atoms with Gasteiger partial charge in [-0.15, -0.1) is 0 Å². The highest BCUT2D eigenvalue weighted by molar-refractivity contribution is 7.87. The molecule has 0 radical (unpaired) electrons. The molecule has 6 nitrogen and oxygen atoms in total. The monoisotopic (exact) mass is 313 g/mol. The lowest BCUT2D eigenvalue weighted by molar-refractivity contribution is -0.121. The molecule has 20 heavy (non-hydrogen) atoms. The minimum absolute atomic E-state index is 0.249. The molecule has 0 atom stereocenters. The number of nitrogens with one attached hydrogen (secondary N) is 2. The van der Waals surface area contributed by atoms with Crippen molar-refractivity contribution < 1.29 is 26.3 Å². The van der Waals surface area contributed by atoms with E-state index < -0.39 is 22.9 Å². The molecule has 0 fully saturated rings. The first kappa shape index (κ1) is 16.5. The number of methoxy groups -OCH3 is 1. The average molecular weight is 313 g/mol. The van der Waals surface area contributed by atoms with Crippen LogP contribution in [0.5, 0.6) is 5.75 Å². The molecule has 0 bridgehead atoms. The number of hydrogen-bond acceptors (Lipinski definition) is 4. The van der Waals surface area contributed by atoms with Crippen LogP contribution >= 0.6 is 0 Å². The molecule has 0 aliphatic heterocycles. The van der Waals surface area contributed by atoms with Gasteiger partial charge in [0.15, 0.2) is 0 Å². The van der Waals surface area contributed by atoms with Crippen LogP contribution in [0.15, 0.2) is 18.2 Å². The van der Waals surface area contributed by atoms with E-state index in [1.165, 1.54) is 24.0 Å². The van der Waals surface area contributed by atoms with Crippen LogP contribution in [0.3, 0.4) is 0 Å². The fraction of sp³-hybridized carbons (Fsp3) is 0.400. The molecule has 4 N–H and O–H groups in total. The zero-order valence-electron chi connectivity index (χ0n) is 10.5. The fourth-order valence-corrected chi connectivity index (χ4v) is 2.14. The number of halogens is 3. The Bertz CT molecular complexity index is 561.